The monoisotopic (exact) mass is 590 g/mol. The summed E-state index contributed by atoms with van der Waals surface area (Å²) in [6, 6.07) is 9.99. The lowest BCUT2D eigenvalue weighted by atomic mass is 10.3. The second-order valence-corrected chi connectivity index (χ2v) is 10.7. The third kappa shape index (κ3) is 8.06. The van der Waals surface area contributed by atoms with Crippen molar-refractivity contribution in [1.29, 1.82) is 0 Å². The zero-order chi connectivity index (χ0) is 27.6. The van der Waals surface area contributed by atoms with Crippen molar-refractivity contribution in [3.05, 3.63) is 71.8 Å². The third-order valence-corrected chi connectivity index (χ3v) is 7.13. The molecule has 8 nitrogen and oxygen atoms in total. The summed E-state index contributed by atoms with van der Waals surface area (Å²) in [6.45, 7) is 0. The summed E-state index contributed by atoms with van der Waals surface area (Å²) in [5.74, 6) is -1.66. The van der Waals surface area contributed by atoms with Gasteiger partial charge in [-0.25, -0.2) is 16.8 Å². The molecule has 0 atom stereocenters. The van der Waals surface area contributed by atoms with Crippen LogP contribution in [0.2, 0.25) is 5.02 Å². The van der Waals surface area contributed by atoms with Crippen molar-refractivity contribution in [1.82, 2.24) is 0 Å². The van der Waals surface area contributed by atoms with Gasteiger partial charge >= 0.3 is 12.7 Å². The van der Waals surface area contributed by atoms with E-state index in [9.17, 15) is 43.2 Å². The maximum absolute atomic E-state index is 12.8. The lowest BCUT2D eigenvalue weighted by Crippen LogP contribution is -2.19. The van der Waals surface area contributed by atoms with Crippen molar-refractivity contribution in [2.24, 2.45) is 0 Å². The Labute approximate surface area is 210 Å². The first-order chi connectivity index (χ1) is 16.9. The molecule has 0 bridgehead atoms. The number of ether oxygens (including phenoxy) is 2. The van der Waals surface area contributed by atoms with E-state index >= 15 is 0 Å². The van der Waals surface area contributed by atoms with Gasteiger partial charge in [-0.15, -0.1) is 26.3 Å². The van der Waals surface area contributed by atoms with Gasteiger partial charge in [-0.1, -0.05) is 23.7 Å². The molecule has 0 fully saturated rings. The molecule has 0 aliphatic rings. The largest absolute Gasteiger partial charge is 0.573 e. The topological polar surface area (TPSA) is 111 Å². The lowest BCUT2D eigenvalue weighted by molar-refractivity contribution is -0.275. The molecule has 0 heterocycles. The number of benzene rings is 3. The summed E-state index contributed by atoms with van der Waals surface area (Å²) in [6.07, 6.45) is -10.2. The highest BCUT2D eigenvalue weighted by Crippen LogP contribution is 2.32. The van der Waals surface area contributed by atoms with Gasteiger partial charge in [-0.05, 0) is 42.5 Å². The number of hydrogen-bond acceptors (Lipinski definition) is 6. The molecule has 0 aliphatic heterocycles. The maximum atomic E-state index is 12.8. The molecular weight excluding hydrogens is 578 g/mol. The van der Waals surface area contributed by atoms with Gasteiger partial charge in [0.05, 0.1) is 21.2 Å². The van der Waals surface area contributed by atoms with E-state index in [4.69, 9.17) is 11.6 Å². The number of halogens is 7. The van der Waals surface area contributed by atoms with Crippen LogP contribution in [0.5, 0.6) is 11.5 Å². The number of rotatable bonds is 8. The minimum absolute atomic E-state index is 0.0598. The van der Waals surface area contributed by atoms with E-state index in [1.807, 2.05) is 9.44 Å². The number of anilines is 2. The standard InChI is InChI=1S/C20H13ClF6N2O6S2/c21-12-7-8-17(28-36(30,31)15-5-1-3-13(10-15)34-19(22,23)24)18(9-12)29-37(32,33)16-6-2-4-14(11-16)35-20(25,26)27/h1-11,28-29H. The molecule has 37 heavy (non-hydrogen) atoms. The van der Waals surface area contributed by atoms with Crippen LogP contribution < -0.4 is 18.9 Å². The van der Waals surface area contributed by atoms with Gasteiger partial charge in [0, 0.05) is 17.2 Å². The van der Waals surface area contributed by atoms with Crippen molar-refractivity contribution >= 4 is 43.0 Å². The minimum Gasteiger partial charge on any atom is -0.406 e. The fourth-order valence-corrected chi connectivity index (χ4v) is 5.17. The first-order valence-corrected chi connectivity index (χ1v) is 12.8. The van der Waals surface area contributed by atoms with Crippen molar-refractivity contribution < 1.29 is 52.7 Å². The molecule has 200 valence electrons. The summed E-state index contributed by atoms with van der Waals surface area (Å²) < 4.78 is 138. The Morgan fingerprint density at radius 1 is 0.622 bits per heavy atom. The van der Waals surface area contributed by atoms with Crippen LogP contribution in [-0.2, 0) is 20.0 Å². The summed E-state index contributed by atoms with van der Waals surface area (Å²) in [4.78, 5) is -1.32. The average molecular weight is 591 g/mol. The van der Waals surface area contributed by atoms with Crippen LogP contribution in [0.3, 0.4) is 0 Å². The van der Waals surface area contributed by atoms with Gasteiger partial charge in [-0.3, -0.25) is 9.44 Å². The van der Waals surface area contributed by atoms with Crippen LogP contribution in [0, 0.1) is 0 Å². The Balaban J connectivity index is 1.93. The van der Waals surface area contributed by atoms with E-state index < -0.39 is 65.4 Å². The van der Waals surface area contributed by atoms with Crippen LogP contribution in [-0.4, -0.2) is 29.6 Å². The molecule has 3 rings (SSSR count). The van der Waals surface area contributed by atoms with Gasteiger partial charge in [0.1, 0.15) is 11.5 Å². The molecule has 0 aliphatic carbocycles. The van der Waals surface area contributed by atoms with Crippen LogP contribution in [0.15, 0.2) is 76.5 Å². The lowest BCUT2D eigenvalue weighted by Gasteiger charge is -2.16. The molecule has 0 saturated heterocycles. The van der Waals surface area contributed by atoms with Gasteiger partial charge in [0.15, 0.2) is 0 Å². The molecule has 0 amide bonds. The zero-order valence-corrected chi connectivity index (χ0v) is 20.2. The quantitative estimate of drug-likeness (QED) is 0.324. The van der Waals surface area contributed by atoms with Crippen molar-refractivity contribution in [2.45, 2.75) is 22.5 Å². The number of alkyl halides is 6. The van der Waals surface area contributed by atoms with Crippen molar-refractivity contribution in [2.75, 3.05) is 9.44 Å². The molecule has 0 unspecified atom stereocenters. The molecule has 3 aromatic carbocycles. The van der Waals surface area contributed by atoms with Crippen LogP contribution in [0.1, 0.15) is 0 Å². The maximum Gasteiger partial charge on any atom is 0.573 e. The Morgan fingerprint density at radius 2 is 1.05 bits per heavy atom. The summed E-state index contributed by atoms with van der Waals surface area (Å²) in [5.41, 5.74) is -0.848. The molecule has 0 radical (unpaired) electrons. The number of hydrogen-bond donors (Lipinski definition) is 2. The van der Waals surface area contributed by atoms with Crippen LogP contribution in [0.25, 0.3) is 0 Å². The van der Waals surface area contributed by atoms with Crippen molar-refractivity contribution in [3.63, 3.8) is 0 Å². The van der Waals surface area contributed by atoms with E-state index in [1.165, 1.54) is 6.07 Å². The fourth-order valence-electron chi connectivity index (χ4n) is 2.77. The van der Waals surface area contributed by atoms with Crippen molar-refractivity contribution in [3.8, 4) is 11.5 Å². The Hall–Kier alpha value is -3.37. The van der Waals surface area contributed by atoms with E-state index in [-0.39, 0.29) is 5.02 Å². The number of sulfonamides is 2. The zero-order valence-electron chi connectivity index (χ0n) is 17.8. The fraction of sp³-hybridized carbons (Fsp3) is 0.100. The smallest absolute Gasteiger partial charge is 0.406 e. The van der Waals surface area contributed by atoms with E-state index in [0.717, 1.165) is 48.5 Å². The Bertz CT molecular complexity index is 1510. The van der Waals surface area contributed by atoms with Gasteiger partial charge in [0.2, 0.25) is 0 Å². The molecule has 17 heteroatoms. The highest BCUT2D eigenvalue weighted by atomic mass is 35.5. The van der Waals surface area contributed by atoms with Gasteiger partial charge in [-0.2, -0.15) is 0 Å². The molecule has 0 aromatic heterocycles. The summed E-state index contributed by atoms with van der Waals surface area (Å²) in [5, 5.41) is -0.0598. The molecule has 0 spiro atoms. The minimum atomic E-state index is -5.09. The predicted molar refractivity (Wildman–Crippen MR) is 119 cm³/mol. The third-order valence-electron chi connectivity index (χ3n) is 4.17. The van der Waals surface area contributed by atoms with Gasteiger partial charge in [0.25, 0.3) is 20.0 Å². The number of nitrogens with one attached hydrogen (secondary N) is 2. The molecule has 0 saturated carbocycles. The Kier molecular flexibility index (Phi) is 7.76. The normalized spacial score (nSPS) is 12.6. The molecular formula is C20H13ClF6N2O6S2. The molecule has 2 N–H and O–H groups in total. The summed E-state index contributed by atoms with van der Waals surface area (Å²) >= 11 is 5.88. The SMILES string of the molecule is O=S(=O)(Nc1ccc(Cl)cc1NS(=O)(=O)c1cccc(OC(F)(F)F)c1)c1cccc(OC(F)(F)F)c1. The first-order valence-electron chi connectivity index (χ1n) is 9.50. The van der Waals surface area contributed by atoms with E-state index in [1.54, 1.807) is 0 Å². The molecule has 3 aromatic rings. The highest BCUT2D eigenvalue weighted by molar-refractivity contribution is 7.93. The average Bonchev–Trinajstić information content (AvgIpc) is 2.73. The summed E-state index contributed by atoms with van der Waals surface area (Å²) in [7, 11) is -9.21. The predicted octanol–water partition coefficient (Wildman–Crippen LogP) is 5.74. The Morgan fingerprint density at radius 3 is 1.49 bits per heavy atom. The van der Waals surface area contributed by atoms with E-state index in [0.29, 0.717) is 12.1 Å². The highest BCUT2D eigenvalue weighted by Gasteiger charge is 2.32. The second-order valence-electron chi connectivity index (χ2n) is 6.95. The van der Waals surface area contributed by atoms with Crippen LogP contribution in [0.4, 0.5) is 37.7 Å². The first kappa shape index (κ1) is 28.2. The van der Waals surface area contributed by atoms with Crippen LogP contribution >= 0.6 is 11.6 Å². The second kappa shape index (κ2) is 10.2. The van der Waals surface area contributed by atoms with Gasteiger partial charge < -0.3 is 9.47 Å². The van der Waals surface area contributed by atoms with E-state index in [2.05, 4.69) is 9.47 Å².